The zero-order chi connectivity index (χ0) is 32.4. The quantitative estimate of drug-likeness (QED) is 0.118. The van der Waals surface area contributed by atoms with E-state index in [2.05, 4.69) is 25.2 Å². The van der Waals surface area contributed by atoms with Crippen LogP contribution >= 0.6 is 11.6 Å². The normalized spacial score (nSPS) is 23.1. The van der Waals surface area contributed by atoms with Gasteiger partial charge in [-0.15, -0.1) is 0 Å². The van der Waals surface area contributed by atoms with Gasteiger partial charge in [-0.1, -0.05) is 67.3 Å². The molecule has 9 heteroatoms. The first-order chi connectivity index (χ1) is 22.3. The third kappa shape index (κ3) is 6.52. The Morgan fingerprint density at radius 3 is 2.46 bits per heavy atom. The molecular formula is C37H40BClN2O5. The minimum atomic E-state index is -1.01. The van der Waals surface area contributed by atoms with Gasteiger partial charge in [-0.05, 0) is 110 Å². The number of hydrogen-bond donors (Lipinski definition) is 3. The van der Waals surface area contributed by atoms with Crippen LogP contribution in [0.25, 0.3) is 6.08 Å². The van der Waals surface area contributed by atoms with E-state index in [-0.39, 0.29) is 29.6 Å². The molecule has 238 valence electrons. The van der Waals surface area contributed by atoms with Gasteiger partial charge in [0, 0.05) is 11.4 Å². The first-order valence-corrected chi connectivity index (χ1v) is 16.7. The van der Waals surface area contributed by atoms with E-state index in [1.165, 1.54) is 22.1 Å². The van der Waals surface area contributed by atoms with Crippen molar-refractivity contribution >= 4 is 53.7 Å². The number of phenolic OH excluding ortho intramolecular Hbond substituents is 1. The predicted molar refractivity (Wildman–Crippen MR) is 184 cm³/mol. The zero-order valence-electron chi connectivity index (χ0n) is 26.3. The third-order valence-electron chi connectivity index (χ3n) is 9.57. The van der Waals surface area contributed by atoms with E-state index >= 15 is 0 Å². The number of benzene rings is 3. The number of nitrogens with one attached hydrogen (secondary N) is 1. The minimum absolute atomic E-state index is 0.123. The molecule has 0 saturated carbocycles. The molecule has 0 radical (unpaired) electrons. The summed E-state index contributed by atoms with van der Waals surface area (Å²) in [5.41, 5.74) is 6.69. The van der Waals surface area contributed by atoms with E-state index in [0.717, 1.165) is 48.2 Å². The van der Waals surface area contributed by atoms with Crippen molar-refractivity contribution in [1.29, 1.82) is 0 Å². The fourth-order valence-corrected chi connectivity index (χ4v) is 7.69. The van der Waals surface area contributed by atoms with Gasteiger partial charge in [0.05, 0.1) is 28.6 Å². The summed E-state index contributed by atoms with van der Waals surface area (Å²) in [6.45, 7) is 4.22. The number of hydrogen-bond acceptors (Lipinski definition) is 6. The van der Waals surface area contributed by atoms with E-state index < -0.39 is 19.0 Å². The van der Waals surface area contributed by atoms with Crippen LogP contribution in [0.15, 0.2) is 89.5 Å². The molecule has 1 aliphatic carbocycles. The summed E-state index contributed by atoms with van der Waals surface area (Å²) in [4.78, 5) is 29.4. The predicted octanol–water partition coefficient (Wildman–Crippen LogP) is 8.16. The Morgan fingerprint density at radius 1 is 1.02 bits per heavy atom. The van der Waals surface area contributed by atoms with Gasteiger partial charge >= 0.3 is 7.12 Å². The fourth-order valence-electron chi connectivity index (χ4n) is 7.46. The SMILES string of the molecule is CCCC1=C2[C@@H](CC/C(=C/c3ccc(O)cc3Cl)CC)OB(O)C[C@@H]2[C@@H]2C(=O)N(c3ccc(Nc4ccccc4)cc3)C(=O)[C@@H]2C1. The average molecular weight is 639 g/mol. The molecule has 3 aromatic carbocycles. The van der Waals surface area contributed by atoms with Crippen molar-refractivity contribution in [3.8, 4) is 5.75 Å². The second kappa shape index (κ2) is 13.9. The second-order valence-corrected chi connectivity index (χ2v) is 12.9. The van der Waals surface area contributed by atoms with Gasteiger partial charge in [0.1, 0.15) is 5.75 Å². The molecule has 0 aromatic heterocycles. The Labute approximate surface area is 276 Å². The summed E-state index contributed by atoms with van der Waals surface area (Å²) in [5.74, 6) is -1.46. The monoisotopic (exact) mass is 638 g/mol. The number of fused-ring (bicyclic) bond motifs is 3. The van der Waals surface area contributed by atoms with Crippen molar-refractivity contribution in [2.24, 2.45) is 17.8 Å². The van der Waals surface area contributed by atoms with Crippen molar-refractivity contribution in [2.75, 3.05) is 10.2 Å². The summed E-state index contributed by atoms with van der Waals surface area (Å²) in [7, 11) is -1.01. The number of imide groups is 1. The van der Waals surface area contributed by atoms with Gasteiger partial charge in [-0.25, -0.2) is 0 Å². The van der Waals surface area contributed by atoms with E-state index in [0.29, 0.717) is 29.9 Å². The van der Waals surface area contributed by atoms with Gasteiger partial charge in [0.15, 0.2) is 0 Å². The highest BCUT2D eigenvalue weighted by molar-refractivity contribution is 6.43. The van der Waals surface area contributed by atoms with Crippen LogP contribution in [0, 0.1) is 17.8 Å². The molecule has 2 fully saturated rings. The number of rotatable bonds is 10. The highest BCUT2D eigenvalue weighted by Crippen LogP contribution is 2.52. The number of aromatic hydroxyl groups is 1. The highest BCUT2D eigenvalue weighted by Gasteiger charge is 2.57. The first-order valence-electron chi connectivity index (χ1n) is 16.3. The maximum atomic E-state index is 14.1. The lowest BCUT2D eigenvalue weighted by Crippen LogP contribution is -2.46. The van der Waals surface area contributed by atoms with E-state index in [4.69, 9.17) is 16.3 Å². The average Bonchev–Trinajstić information content (AvgIpc) is 3.30. The van der Waals surface area contributed by atoms with Crippen LogP contribution in [0.1, 0.15) is 57.9 Å². The molecular weight excluding hydrogens is 599 g/mol. The van der Waals surface area contributed by atoms with Gasteiger partial charge in [0.2, 0.25) is 11.8 Å². The number of amides is 2. The number of para-hydroxylation sites is 1. The number of carbonyl (C=O) groups excluding carboxylic acids is 2. The molecule has 4 atom stereocenters. The molecule has 46 heavy (non-hydrogen) atoms. The van der Waals surface area contributed by atoms with Gasteiger partial charge in [0.25, 0.3) is 0 Å². The van der Waals surface area contributed by atoms with Gasteiger partial charge in [-0.3, -0.25) is 14.5 Å². The van der Waals surface area contributed by atoms with Gasteiger partial charge in [-0.2, -0.15) is 0 Å². The molecule has 0 unspecified atom stereocenters. The van der Waals surface area contributed by atoms with E-state index in [9.17, 15) is 19.7 Å². The van der Waals surface area contributed by atoms with Crippen LogP contribution in [-0.2, 0) is 14.2 Å². The van der Waals surface area contributed by atoms with Crippen LogP contribution in [0.4, 0.5) is 17.1 Å². The molecule has 0 bridgehead atoms. The molecule has 2 aliphatic heterocycles. The Balaban J connectivity index is 1.24. The molecule has 2 saturated heterocycles. The molecule has 0 spiro atoms. The molecule has 3 aromatic rings. The van der Waals surface area contributed by atoms with Crippen LogP contribution in [-0.4, -0.2) is 35.2 Å². The highest BCUT2D eigenvalue weighted by atomic mass is 35.5. The molecule has 6 rings (SSSR count). The lowest BCUT2D eigenvalue weighted by Gasteiger charge is -2.43. The number of anilines is 3. The minimum Gasteiger partial charge on any atom is -0.508 e. The maximum Gasteiger partial charge on any atom is 0.455 e. The third-order valence-corrected chi connectivity index (χ3v) is 9.90. The zero-order valence-corrected chi connectivity index (χ0v) is 27.0. The molecule has 2 amide bonds. The first kappa shape index (κ1) is 32.1. The molecule has 3 aliphatic rings. The summed E-state index contributed by atoms with van der Waals surface area (Å²) >= 11 is 6.38. The summed E-state index contributed by atoms with van der Waals surface area (Å²) in [5, 5.41) is 24.5. The Morgan fingerprint density at radius 2 is 1.76 bits per heavy atom. The van der Waals surface area contributed by atoms with Crippen LogP contribution in [0.5, 0.6) is 5.75 Å². The maximum absolute atomic E-state index is 14.1. The van der Waals surface area contributed by atoms with Crippen LogP contribution < -0.4 is 10.2 Å². The number of phenols is 1. The summed E-state index contributed by atoms with van der Waals surface area (Å²) < 4.78 is 6.20. The second-order valence-electron chi connectivity index (χ2n) is 12.5. The summed E-state index contributed by atoms with van der Waals surface area (Å²) in [6, 6.07) is 22.2. The summed E-state index contributed by atoms with van der Waals surface area (Å²) in [6.07, 6.45) is 6.45. The molecule has 3 N–H and O–H groups in total. The van der Waals surface area contributed by atoms with Gasteiger partial charge < -0.3 is 20.1 Å². The van der Waals surface area contributed by atoms with Crippen molar-refractivity contribution < 1.29 is 24.4 Å². The van der Waals surface area contributed by atoms with Crippen LogP contribution in [0.3, 0.4) is 0 Å². The smallest absolute Gasteiger partial charge is 0.455 e. The number of halogens is 1. The van der Waals surface area contributed by atoms with Crippen molar-refractivity contribution in [2.45, 2.75) is 64.8 Å². The molecule has 2 heterocycles. The van der Waals surface area contributed by atoms with Crippen LogP contribution in [0.2, 0.25) is 11.3 Å². The van der Waals surface area contributed by atoms with Crippen molar-refractivity contribution in [1.82, 2.24) is 0 Å². The Hall–Kier alpha value is -3.85. The number of allylic oxidation sites excluding steroid dienone is 2. The van der Waals surface area contributed by atoms with Crippen molar-refractivity contribution in [3.63, 3.8) is 0 Å². The van der Waals surface area contributed by atoms with Crippen molar-refractivity contribution in [3.05, 3.63) is 100 Å². The lowest BCUT2D eigenvalue weighted by atomic mass is 9.58. The topological polar surface area (TPSA) is 99.1 Å². The Bertz CT molecular complexity index is 1660. The fraction of sp³-hybridized carbons (Fsp3) is 0.351. The Kier molecular flexibility index (Phi) is 9.69. The molecule has 7 nitrogen and oxygen atoms in total. The lowest BCUT2D eigenvalue weighted by molar-refractivity contribution is -0.122. The standard InChI is InChI=1S/C37H40BClN2O5/c1-3-8-25-20-30-35(37(44)41(36(30)43)28-15-13-27(14-16-28)40-26-9-6-5-7-10-26)31-22-38(45)46-33(34(25)31)18-11-23(4-2)19-24-12-17-29(42)21-32(24)39/h5-7,9-10,12-17,19,21,30-31,33,35,40,42,45H,3-4,8,11,18,20,22H2,1-2H3/b23-19+/t30-,31+,33-,35-/m1/s1. The van der Waals surface area contributed by atoms with E-state index in [1.54, 1.807) is 12.1 Å². The largest absolute Gasteiger partial charge is 0.508 e. The number of carbonyl (C=O) groups is 2. The van der Waals surface area contributed by atoms with E-state index in [1.807, 2.05) is 54.6 Å². The number of nitrogens with zero attached hydrogens (tertiary/aromatic N) is 1.